The lowest BCUT2D eigenvalue weighted by Crippen LogP contribution is -2.55. The van der Waals surface area contributed by atoms with E-state index in [1.54, 1.807) is 0 Å². The van der Waals surface area contributed by atoms with Crippen LogP contribution in [0.2, 0.25) is 0 Å². The van der Waals surface area contributed by atoms with Crippen LogP contribution in [0.15, 0.2) is 0 Å². The summed E-state index contributed by atoms with van der Waals surface area (Å²) in [5.41, 5.74) is 0. The van der Waals surface area contributed by atoms with Crippen molar-refractivity contribution in [2.75, 3.05) is 39.4 Å². The van der Waals surface area contributed by atoms with E-state index in [1.165, 1.54) is 0 Å². The van der Waals surface area contributed by atoms with Gasteiger partial charge in [-0.2, -0.15) is 0 Å². The van der Waals surface area contributed by atoms with E-state index in [9.17, 15) is 4.79 Å². The molecule has 0 radical (unpaired) electrons. The van der Waals surface area contributed by atoms with Crippen molar-refractivity contribution in [3.8, 4) is 0 Å². The van der Waals surface area contributed by atoms with E-state index in [-0.39, 0.29) is 0 Å². The van der Waals surface area contributed by atoms with Gasteiger partial charge in [0.25, 0.3) is 0 Å². The Labute approximate surface area is 86.6 Å². The van der Waals surface area contributed by atoms with E-state index < -0.39 is 0 Å². The molecule has 3 heteroatoms. The van der Waals surface area contributed by atoms with Crippen molar-refractivity contribution in [2.24, 2.45) is 0 Å². The minimum absolute atomic E-state index is 0.391. The third-order valence-electron chi connectivity index (χ3n) is 3.35. The zero-order valence-electron chi connectivity index (χ0n) is 9.42. The van der Waals surface area contributed by atoms with Crippen molar-refractivity contribution in [3.63, 3.8) is 0 Å². The summed E-state index contributed by atoms with van der Waals surface area (Å²) in [5, 5.41) is 0. The van der Waals surface area contributed by atoms with Crippen LogP contribution in [0.25, 0.3) is 0 Å². The van der Waals surface area contributed by atoms with Crippen LogP contribution in [0.5, 0.6) is 0 Å². The lowest BCUT2D eigenvalue weighted by atomic mass is 10.2. The number of ether oxygens (including phenoxy) is 1. The average molecular weight is 200 g/mol. The van der Waals surface area contributed by atoms with Gasteiger partial charge < -0.3 is 9.22 Å². The molecule has 1 rings (SSSR count). The summed E-state index contributed by atoms with van der Waals surface area (Å²) in [6.45, 7) is 10.1. The van der Waals surface area contributed by atoms with E-state index >= 15 is 0 Å². The Morgan fingerprint density at radius 1 is 1.29 bits per heavy atom. The first-order valence-electron chi connectivity index (χ1n) is 5.67. The fourth-order valence-corrected chi connectivity index (χ4v) is 1.97. The van der Waals surface area contributed by atoms with Crippen LogP contribution < -0.4 is 0 Å². The summed E-state index contributed by atoms with van der Waals surface area (Å²) in [6, 6.07) is 0. The molecule has 0 unspecified atom stereocenters. The second kappa shape index (κ2) is 5.47. The van der Waals surface area contributed by atoms with Gasteiger partial charge in [0.2, 0.25) is 0 Å². The number of ketones is 1. The Balaban J connectivity index is 2.39. The van der Waals surface area contributed by atoms with Crippen LogP contribution in [0.3, 0.4) is 0 Å². The largest absolute Gasteiger partial charge is 0.370 e. The highest BCUT2D eigenvalue weighted by molar-refractivity contribution is 5.78. The number of hydrogen-bond donors (Lipinski definition) is 0. The van der Waals surface area contributed by atoms with Crippen LogP contribution in [-0.4, -0.2) is 49.7 Å². The van der Waals surface area contributed by atoms with Crippen LogP contribution in [-0.2, 0) is 9.53 Å². The second-order valence-corrected chi connectivity index (χ2v) is 4.08. The summed E-state index contributed by atoms with van der Waals surface area (Å²) in [7, 11) is 0. The van der Waals surface area contributed by atoms with Crippen LogP contribution in [0, 0.1) is 0 Å². The predicted octanol–water partition coefficient (Wildman–Crippen LogP) is 1.22. The Bertz CT molecular complexity index is 186. The number of morpholine rings is 1. The van der Waals surface area contributed by atoms with Gasteiger partial charge in [-0.1, -0.05) is 6.92 Å². The molecule has 0 aromatic carbocycles. The van der Waals surface area contributed by atoms with Gasteiger partial charge in [0.15, 0.2) is 0 Å². The molecule has 14 heavy (non-hydrogen) atoms. The van der Waals surface area contributed by atoms with Crippen LogP contribution in [0.1, 0.15) is 26.7 Å². The van der Waals surface area contributed by atoms with E-state index in [2.05, 4.69) is 6.92 Å². The maximum Gasteiger partial charge on any atom is 0.138 e. The van der Waals surface area contributed by atoms with Gasteiger partial charge in [0, 0.05) is 6.42 Å². The quantitative estimate of drug-likeness (QED) is 0.624. The Morgan fingerprint density at radius 3 is 2.43 bits per heavy atom. The monoisotopic (exact) mass is 200 g/mol. The molecule has 3 nitrogen and oxygen atoms in total. The molecule has 1 aliphatic heterocycles. The number of likely N-dealkylation sites (N-methyl/N-ethyl adjacent to an activating group) is 1. The maximum absolute atomic E-state index is 11.3. The predicted molar refractivity (Wildman–Crippen MR) is 56.1 cm³/mol. The molecule has 0 aromatic rings. The van der Waals surface area contributed by atoms with E-state index in [4.69, 9.17) is 4.74 Å². The molecule has 1 aliphatic rings. The summed E-state index contributed by atoms with van der Waals surface area (Å²) in [4.78, 5) is 11.3. The molecule has 0 aromatic heterocycles. The highest BCUT2D eigenvalue weighted by atomic mass is 16.5. The molecule has 0 bridgehead atoms. The molecule has 0 spiro atoms. The average Bonchev–Trinajstić information content (AvgIpc) is 2.27. The molecule has 0 aliphatic carbocycles. The number of quaternary nitrogens is 1. The summed E-state index contributed by atoms with van der Waals surface area (Å²) >= 11 is 0. The zero-order valence-corrected chi connectivity index (χ0v) is 9.42. The number of carbonyl (C=O) groups excluding carboxylic acids is 1. The molecule has 0 atom stereocenters. The standard InChI is InChI=1S/C11H22NO2/c1-3-11(13)5-6-12(4-2)7-9-14-10-8-12/h3-10H2,1-2H3/q+1. The molecule has 1 saturated heterocycles. The molecular formula is C11H22NO2+. The van der Waals surface area contributed by atoms with E-state index in [1.807, 2.05) is 6.92 Å². The Hall–Kier alpha value is -0.410. The first-order chi connectivity index (χ1) is 6.72. The van der Waals surface area contributed by atoms with Crippen molar-refractivity contribution < 1.29 is 14.0 Å². The van der Waals surface area contributed by atoms with Gasteiger partial charge in [-0.25, -0.2) is 0 Å². The SMILES string of the molecule is CCC(=O)CC[N+]1(CC)CCOCC1. The highest BCUT2D eigenvalue weighted by Gasteiger charge is 2.28. The number of nitrogens with zero attached hydrogens (tertiary/aromatic N) is 1. The smallest absolute Gasteiger partial charge is 0.138 e. The molecule has 0 N–H and O–H groups in total. The molecule has 0 saturated carbocycles. The van der Waals surface area contributed by atoms with Gasteiger partial charge in [-0.15, -0.1) is 0 Å². The zero-order chi connectivity index (χ0) is 10.4. The number of Topliss-reactive ketones (excluding diaryl/α,β-unsaturated/α-hetero) is 1. The molecular weight excluding hydrogens is 178 g/mol. The molecule has 1 heterocycles. The summed E-state index contributed by atoms with van der Waals surface area (Å²) in [5.74, 6) is 0.391. The summed E-state index contributed by atoms with van der Waals surface area (Å²) in [6.07, 6.45) is 1.42. The van der Waals surface area contributed by atoms with Gasteiger partial charge in [-0.05, 0) is 6.92 Å². The van der Waals surface area contributed by atoms with Gasteiger partial charge >= 0.3 is 0 Å². The molecule has 82 valence electrons. The third-order valence-corrected chi connectivity index (χ3v) is 3.35. The van der Waals surface area contributed by atoms with Crippen LogP contribution >= 0.6 is 0 Å². The van der Waals surface area contributed by atoms with Crippen molar-refractivity contribution in [1.82, 2.24) is 0 Å². The number of carbonyl (C=O) groups is 1. The normalized spacial score (nSPS) is 20.7. The molecule has 1 fully saturated rings. The number of hydrogen-bond acceptors (Lipinski definition) is 2. The van der Waals surface area contributed by atoms with E-state index in [0.29, 0.717) is 12.2 Å². The third kappa shape index (κ3) is 3.07. The number of rotatable bonds is 5. The first-order valence-corrected chi connectivity index (χ1v) is 5.67. The van der Waals surface area contributed by atoms with Crippen molar-refractivity contribution in [2.45, 2.75) is 26.7 Å². The van der Waals surface area contributed by atoms with Crippen molar-refractivity contribution in [3.05, 3.63) is 0 Å². The lowest BCUT2D eigenvalue weighted by molar-refractivity contribution is -0.933. The van der Waals surface area contributed by atoms with E-state index in [0.717, 1.165) is 50.3 Å². The fraction of sp³-hybridized carbons (Fsp3) is 0.909. The Morgan fingerprint density at radius 2 is 1.93 bits per heavy atom. The van der Waals surface area contributed by atoms with Crippen molar-refractivity contribution >= 4 is 5.78 Å². The van der Waals surface area contributed by atoms with Gasteiger partial charge in [0.05, 0.1) is 32.7 Å². The van der Waals surface area contributed by atoms with Gasteiger partial charge in [-0.3, -0.25) is 4.79 Å². The van der Waals surface area contributed by atoms with Crippen molar-refractivity contribution in [1.29, 1.82) is 0 Å². The topological polar surface area (TPSA) is 26.3 Å². The summed E-state index contributed by atoms with van der Waals surface area (Å²) < 4.78 is 6.43. The van der Waals surface area contributed by atoms with Crippen LogP contribution in [0.4, 0.5) is 0 Å². The Kier molecular flexibility index (Phi) is 4.55. The lowest BCUT2D eigenvalue weighted by Gasteiger charge is -2.40. The van der Waals surface area contributed by atoms with Gasteiger partial charge in [0.1, 0.15) is 18.9 Å². The maximum atomic E-state index is 11.3. The highest BCUT2D eigenvalue weighted by Crippen LogP contribution is 2.12. The minimum Gasteiger partial charge on any atom is -0.370 e. The second-order valence-electron chi connectivity index (χ2n) is 4.08. The first kappa shape index (κ1) is 11.7. The molecule has 0 amide bonds. The minimum atomic E-state index is 0.391. The fourth-order valence-electron chi connectivity index (χ4n) is 1.97.